The molecule has 0 saturated heterocycles. The van der Waals surface area contributed by atoms with E-state index in [0.717, 1.165) is 17.1 Å². The molecule has 0 aliphatic heterocycles. The number of anilines is 1. The average molecular weight is 268 g/mol. The molecule has 0 aliphatic carbocycles. The van der Waals surface area contributed by atoms with E-state index < -0.39 is 0 Å². The lowest BCUT2D eigenvalue weighted by Crippen LogP contribution is -2.35. The van der Waals surface area contributed by atoms with Crippen molar-refractivity contribution in [3.05, 3.63) is 24.3 Å². The molecule has 0 aliphatic rings. The zero-order chi connectivity index (χ0) is 13.4. The molecule has 0 bridgehead atoms. The lowest BCUT2D eigenvalue weighted by Gasteiger charge is -2.18. The fraction of sp³-hybridized carbons (Fsp3) is 0.462. The monoisotopic (exact) mass is 268 g/mol. The minimum absolute atomic E-state index is 0.0493. The van der Waals surface area contributed by atoms with Gasteiger partial charge in [-0.2, -0.15) is 0 Å². The van der Waals surface area contributed by atoms with E-state index in [4.69, 9.17) is 5.11 Å². The number of aliphatic hydroxyl groups excluding tert-OH is 1. The quantitative estimate of drug-likeness (QED) is 0.739. The highest BCUT2D eigenvalue weighted by Gasteiger charge is 2.10. The molecule has 0 fully saturated rings. The zero-order valence-electron chi connectivity index (χ0n) is 10.8. The molecule has 5 heteroatoms. The van der Waals surface area contributed by atoms with E-state index in [9.17, 15) is 4.79 Å². The van der Waals surface area contributed by atoms with E-state index in [2.05, 4.69) is 5.32 Å². The van der Waals surface area contributed by atoms with Crippen molar-refractivity contribution >= 4 is 23.4 Å². The Hall–Kier alpha value is -1.04. The molecule has 1 rings (SSSR count). The van der Waals surface area contributed by atoms with E-state index in [1.807, 2.05) is 42.3 Å². The summed E-state index contributed by atoms with van der Waals surface area (Å²) >= 11 is 1.60. The summed E-state index contributed by atoms with van der Waals surface area (Å²) in [5.41, 5.74) is 0.843. The van der Waals surface area contributed by atoms with Crippen molar-refractivity contribution in [2.24, 2.45) is 0 Å². The second kappa shape index (κ2) is 8.13. The van der Waals surface area contributed by atoms with Gasteiger partial charge in [0.15, 0.2) is 0 Å². The lowest BCUT2D eigenvalue weighted by atomic mass is 10.3. The highest BCUT2D eigenvalue weighted by molar-refractivity contribution is 7.98. The number of carbonyl (C=O) groups excluding carboxylic acids is 1. The summed E-state index contributed by atoms with van der Waals surface area (Å²) in [6.07, 6.45) is 1.98. The van der Waals surface area contributed by atoms with Crippen LogP contribution in [0.5, 0.6) is 0 Å². The summed E-state index contributed by atoms with van der Waals surface area (Å²) in [5.74, 6) is -0.0493. The number of aliphatic hydroxyl groups is 1. The summed E-state index contributed by atoms with van der Waals surface area (Å²) < 4.78 is 0. The number of nitrogens with zero attached hydrogens (tertiary/aromatic N) is 1. The van der Waals surface area contributed by atoms with Gasteiger partial charge in [-0.3, -0.25) is 9.69 Å². The Morgan fingerprint density at radius 1 is 1.44 bits per heavy atom. The summed E-state index contributed by atoms with van der Waals surface area (Å²) in [5, 5.41) is 11.8. The third-order valence-corrected chi connectivity index (χ3v) is 3.41. The van der Waals surface area contributed by atoms with Crippen LogP contribution >= 0.6 is 11.8 Å². The Kier molecular flexibility index (Phi) is 6.78. The molecule has 1 amide bonds. The number of rotatable bonds is 7. The maximum atomic E-state index is 11.9. The Labute approximate surface area is 112 Å². The number of benzene rings is 1. The van der Waals surface area contributed by atoms with E-state index >= 15 is 0 Å². The standard InChI is InChI=1S/C13H20N2O2S/c1-3-15(8-9-16)10-13(17)14-11-6-4-5-7-12(11)18-2/h4-7,16H,3,8-10H2,1-2H3,(H,14,17). The second-order valence-corrected chi connectivity index (χ2v) is 4.69. The predicted molar refractivity (Wildman–Crippen MR) is 76.1 cm³/mol. The molecule has 18 heavy (non-hydrogen) atoms. The first-order valence-electron chi connectivity index (χ1n) is 5.97. The van der Waals surface area contributed by atoms with Crippen molar-refractivity contribution in [1.29, 1.82) is 0 Å². The normalized spacial score (nSPS) is 10.7. The fourth-order valence-corrected chi connectivity index (χ4v) is 2.18. The Morgan fingerprint density at radius 3 is 2.78 bits per heavy atom. The molecule has 2 N–H and O–H groups in total. The maximum absolute atomic E-state index is 11.9. The first-order chi connectivity index (χ1) is 8.71. The number of hydrogen-bond donors (Lipinski definition) is 2. The molecule has 0 atom stereocenters. The third kappa shape index (κ3) is 4.68. The minimum Gasteiger partial charge on any atom is -0.395 e. The van der Waals surface area contributed by atoms with Gasteiger partial charge in [-0.15, -0.1) is 11.8 Å². The Morgan fingerprint density at radius 2 is 2.17 bits per heavy atom. The van der Waals surface area contributed by atoms with Crippen molar-refractivity contribution in [3.63, 3.8) is 0 Å². The average Bonchev–Trinajstić information content (AvgIpc) is 2.38. The van der Waals surface area contributed by atoms with Gasteiger partial charge in [-0.25, -0.2) is 0 Å². The van der Waals surface area contributed by atoms with Crippen molar-refractivity contribution < 1.29 is 9.90 Å². The van der Waals surface area contributed by atoms with Crippen LogP contribution in [-0.2, 0) is 4.79 Å². The Balaban J connectivity index is 2.58. The number of nitrogens with one attached hydrogen (secondary N) is 1. The van der Waals surface area contributed by atoms with Gasteiger partial charge in [-0.1, -0.05) is 19.1 Å². The number of para-hydroxylation sites is 1. The van der Waals surface area contributed by atoms with Crippen molar-refractivity contribution in [2.45, 2.75) is 11.8 Å². The first kappa shape index (κ1) is 15.0. The smallest absolute Gasteiger partial charge is 0.238 e. The first-order valence-corrected chi connectivity index (χ1v) is 7.19. The van der Waals surface area contributed by atoms with Crippen LogP contribution in [0.4, 0.5) is 5.69 Å². The second-order valence-electron chi connectivity index (χ2n) is 3.84. The summed E-state index contributed by atoms with van der Waals surface area (Å²) in [4.78, 5) is 14.8. The van der Waals surface area contributed by atoms with Gasteiger partial charge in [0, 0.05) is 11.4 Å². The number of amides is 1. The topological polar surface area (TPSA) is 52.6 Å². The molecule has 0 saturated carbocycles. The highest BCUT2D eigenvalue weighted by atomic mass is 32.2. The van der Waals surface area contributed by atoms with Crippen molar-refractivity contribution in [3.8, 4) is 0 Å². The van der Waals surface area contributed by atoms with Crippen LogP contribution < -0.4 is 5.32 Å². The number of hydrogen-bond acceptors (Lipinski definition) is 4. The molecular formula is C13H20N2O2S. The molecule has 0 unspecified atom stereocenters. The third-order valence-electron chi connectivity index (χ3n) is 2.61. The van der Waals surface area contributed by atoms with Crippen LogP contribution in [0.15, 0.2) is 29.2 Å². The van der Waals surface area contributed by atoms with Crippen LogP contribution in [0.25, 0.3) is 0 Å². The Bertz CT molecular complexity index is 385. The van der Waals surface area contributed by atoms with Gasteiger partial charge in [0.1, 0.15) is 0 Å². The van der Waals surface area contributed by atoms with Crippen LogP contribution in [0, 0.1) is 0 Å². The number of thioether (sulfide) groups is 1. The van der Waals surface area contributed by atoms with E-state index in [1.165, 1.54) is 0 Å². The van der Waals surface area contributed by atoms with Gasteiger partial charge in [-0.05, 0) is 24.9 Å². The SMILES string of the molecule is CCN(CCO)CC(=O)Nc1ccccc1SC. The molecule has 0 spiro atoms. The van der Waals surface area contributed by atoms with Crippen LogP contribution in [0.2, 0.25) is 0 Å². The van der Waals surface area contributed by atoms with E-state index in [1.54, 1.807) is 11.8 Å². The molecule has 4 nitrogen and oxygen atoms in total. The van der Waals surface area contributed by atoms with E-state index in [-0.39, 0.29) is 12.5 Å². The van der Waals surface area contributed by atoms with Crippen molar-refractivity contribution in [2.75, 3.05) is 37.8 Å². The van der Waals surface area contributed by atoms with Gasteiger partial charge in [0.05, 0.1) is 18.8 Å². The van der Waals surface area contributed by atoms with Gasteiger partial charge >= 0.3 is 0 Å². The van der Waals surface area contributed by atoms with Crippen molar-refractivity contribution in [1.82, 2.24) is 4.90 Å². The molecule has 1 aromatic carbocycles. The maximum Gasteiger partial charge on any atom is 0.238 e. The molecule has 100 valence electrons. The zero-order valence-corrected chi connectivity index (χ0v) is 11.7. The summed E-state index contributed by atoms with van der Waals surface area (Å²) in [6.45, 7) is 3.62. The molecular weight excluding hydrogens is 248 g/mol. The van der Waals surface area contributed by atoms with Crippen LogP contribution in [0.1, 0.15) is 6.92 Å². The van der Waals surface area contributed by atoms with Crippen LogP contribution in [-0.4, -0.2) is 48.4 Å². The van der Waals surface area contributed by atoms with Gasteiger partial charge < -0.3 is 10.4 Å². The molecule has 1 aromatic rings. The summed E-state index contributed by atoms with van der Waals surface area (Å²) in [6, 6.07) is 7.73. The van der Waals surface area contributed by atoms with E-state index in [0.29, 0.717) is 13.1 Å². The molecule has 0 radical (unpaired) electrons. The van der Waals surface area contributed by atoms with Gasteiger partial charge in [0.2, 0.25) is 5.91 Å². The largest absolute Gasteiger partial charge is 0.395 e. The highest BCUT2D eigenvalue weighted by Crippen LogP contribution is 2.24. The fourth-order valence-electron chi connectivity index (χ4n) is 1.63. The number of likely N-dealkylation sites (N-methyl/N-ethyl adjacent to an activating group) is 1. The predicted octanol–water partition coefficient (Wildman–Crippen LogP) is 1.66. The van der Waals surface area contributed by atoms with Gasteiger partial charge in [0.25, 0.3) is 0 Å². The minimum atomic E-state index is -0.0493. The van der Waals surface area contributed by atoms with Crippen LogP contribution in [0.3, 0.4) is 0 Å². The summed E-state index contributed by atoms with van der Waals surface area (Å²) in [7, 11) is 0. The lowest BCUT2D eigenvalue weighted by molar-refractivity contribution is -0.117. The molecule has 0 heterocycles. The molecule has 0 aromatic heterocycles. The number of carbonyl (C=O) groups is 1.